The van der Waals surface area contributed by atoms with Crippen molar-refractivity contribution >= 4 is 22.8 Å². The van der Waals surface area contributed by atoms with Crippen LogP contribution in [0.3, 0.4) is 0 Å². The number of imidazole rings is 1. The summed E-state index contributed by atoms with van der Waals surface area (Å²) in [5.41, 5.74) is 11.0. The topological polar surface area (TPSA) is 85.8 Å². The number of carbonyl (C=O) groups excluding carboxylic acids is 1. The van der Waals surface area contributed by atoms with Gasteiger partial charge in [-0.25, -0.2) is 9.97 Å². The third kappa shape index (κ3) is 2.88. The molecule has 0 saturated heterocycles. The van der Waals surface area contributed by atoms with Gasteiger partial charge in [-0.3, -0.25) is 4.79 Å². The molecule has 0 spiro atoms. The molecular weight excluding hydrogens is 290 g/mol. The summed E-state index contributed by atoms with van der Waals surface area (Å²) < 4.78 is 1.89. The molecule has 2 heterocycles. The van der Waals surface area contributed by atoms with E-state index in [-0.39, 0.29) is 5.91 Å². The maximum Gasteiger partial charge on any atom is 0.251 e. The number of nitrogens with two attached hydrogens (primary N) is 1. The Morgan fingerprint density at radius 3 is 2.83 bits per heavy atom. The molecule has 0 atom stereocenters. The maximum atomic E-state index is 12.4. The van der Waals surface area contributed by atoms with Gasteiger partial charge < -0.3 is 15.6 Å². The van der Waals surface area contributed by atoms with Crippen molar-refractivity contribution in [1.29, 1.82) is 0 Å². The van der Waals surface area contributed by atoms with Gasteiger partial charge in [0.25, 0.3) is 5.91 Å². The van der Waals surface area contributed by atoms with Crippen LogP contribution in [0.25, 0.3) is 11.0 Å². The van der Waals surface area contributed by atoms with Crippen molar-refractivity contribution < 1.29 is 4.79 Å². The molecule has 3 rings (SSSR count). The molecule has 0 unspecified atom stereocenters. The Kier molecular flexibility index (Phi) is 3.73. The highest BCUT2D eigenvalue weighted by Crippen LogP contribution is 2.16. The van der Waals surface area contributed by atoms with E-state index in [2.05, 4.69) is 15.3 Å². The van der Waals surface area contributed by atoms with Crippen LogP contribution in [0.2, 0.25) is 0 Å². The number of nitrogen functional groups attached to an aromatic ring is 1. The minimum atomic E-state index is -0.122. The van der Waals surface area contributed by atoms with E-state index in [0.717, 1.165) is 27.9 Å². The normalized spacial score (nSPS) is 10.9. The van der Waals surface area contributed by atoms with Gasteiger partial charge in [0.1, 0.15) is 5.82 Å². The van der Waals surface area contributed by atoms with Crippen molar-refractivity contribution in [3.63, 3.8) is 0 Å². The number of hydrogen-bond acceptors (Lipinski definition) is 4. The second-order valence-corrected chi connectivity index (χ2v) is 5.67. The van der Waals surface area contributed by atoms with E-state index in [9.17, 15) is 4.79 Å². The van der Waals surface area contributed by atoms with E-state index in [0.29, 0.717) is 17.9 Å². The largest absolute Gasteiger partial charge is 0.384 e. The zero-order chi connectivity index (χ0) is 16.6. The third-order valence-electron chi connectivity index (χ3n) is 3.99. The van der Waals surface area contributed by atoms with Gasteiger partial charge in [-0.1, -0.05) is 0 Å². The Hall–Kier alpha value is -2.89. The lowest BCUT2D eigenvalue weighted by Gasteiger charge is -2.11. The fraction of sp³-hybridized carbons (Fsp3) is 0.235. The Morgan fingerprint density at radius 2 is 2.09 bits per heavy atom. The Balaban J connectivity index is 1.80. The molecule has 6 heteroatoms. The number of aryl methyl sites for hydroxylation is 3. The summed E-state index contributed by atoms with van der Waals surface area (Å²) in [7, 11) is 1.91. The van der Waals surface area contributed by atoms with Crippen LogP contribution < -0.4 is 11.1 Å². The van der Waals surface area contributed by atoms with Crippen molar-refractivity contribution in [1.82, 2.24) is 19.9 Å². The fourth-order valence-electron chi connectivity index (χ4n) is 2.69. The zero-order valence-electron chi connectivity index (χ0n) is 13.4. The number of aromatic nitrogens is 3. The highest BCUT2D eigenvalue weighted by atomic mass is 16.1. The molecule has 0 aliphatic rings. The van der Waals surface area contributed by atoms with Crippen LogP contribution >= 0.6 is 0 Å². The number of amides is 1. The van der Waals surface area contributed by atoms with Gasteiger partial charge in [-0.2, -0.15) is 0 Å². The Bertz CT molecular complexity index is 874. The van der Waals surface area contributed by atoms with Crippen LogP contribution in [0.4, 0.5) is 5.82 Å². The monoisotopic (exact) mass is 309 g/mol. The van der Waals surface area contributed by atoms with Gasteiger partial charge in [0.2, 0.25) is 0 Å². The highest BCUT2D eigenvalue weighted by molar-refractivity contribution is 5.97. The van der Waals surface area contributed by atoms with Crippen LogP contribution in [0, 0.1) is 13.8 Å². The average Bonchev–Trinajstić information content (AvgIpc) is 2.87. The number of hydrogen-bond donors (Lipinski definition) is 2. The summed E-state index contributed by atoms with van der Waals surface area (Å²) in [4.78, 5) is 20.9. The first-order valence-electron chi connectivity index (χ1n) is 7.37. The van der Waals surface area contributed by atoms with E-state index in [1.807, 2.05) is 43.7 Å². The summed E-state index contributed by atoms with van der Waals surface area (Å²) in [5, 5.41) is 2.94. The van der Waals surface area contributed by atoms with Crippen LogP contribution in [0.15, 0.2) is 30.6 Å². The number of pyridine rings is 1. The number of anilines is 1. The number of rotatable bonds is 3. The average molecular weight is 309 g/mol. The second kappa shape index (κ2) is 5.72. The molecule has 3 aromatic rings. The molecule has 1 aromatic carbocycles. The SMILES string of the molecule is Cc1cc(N)nc(C)c1CNC(=O)c1ccc2ncn(C)c2c1. The fourth-order valence-corrected chi connectivity index (χ4v) is 2.69. The molecule has 0 saturated carbocycles. The number of nitrogens with zero attached hydrogens (tertiary/aromatic N) is 3. The minimum Gasteiger partial charge on any atom is -0.384 e. The van der Waals surface area contributed by atoms with Crippen molar-refractivity contribution in [2.45, 2.75) is 20.4 Å². The number of carbonyl (C=O) groups is 1. The molecule has 23 heavy (non-hydrogen) atoms. The first-order valence-corrected chi connectivity index (χ1v) is 7.37. The molecule has 3 N–H and O–H groups in total. The predicted molar refractivity (Wildman–Crippen MR) is 90.0 cm³/mol. The van der Waals surface area contributed by atoms with E-state index in [4.69, 9.17) is 5.73 Å². The molecule has 118 valence electrons. The number of benzene rings is 1. The van der Waals surface area contributed by atoms with Gasteiger partial charge in [-0.15, -0.1) is 0 Å². The minimum absolute atomic E-state index is 0.122. The standard InChI is InChI=1S/C17H19N5O/c1-10-6-16(18)21-11(2)13(10)8-19-17(23)12-4-5-14-15(7-12)22(3)9-20-14/h4-7,9H,8H2,1-3H3,(H2,18,21)(H,19,23). The number of fused-ring (bicyclic) bond motifs is 1. The molecule has 0 bridgehead atoms. The molecule has 0 fully saturated rings. The summed E-state index contributed by atoms with van der Waals surface area (Å²) in [6, 6.07) is 7.30. The van der Waals surface area contributed by atoms with Crippen molar-refractivity contribution in [2.24, 2.45) is 7.05 Å². The van der Waals surface area contributed by atoms with Gasteiger partial charge in [-0.05, 0) is 49.2 Å². The smallest absolute Gasteiger partial charge is 0.251 e. The lowest BCUT2D eigenvalue weighted by Crippen LogP contribution is -2.24. The first-order chi connectivity index (χ1) is 11.0. The van der Waals surface area contributed by atoms with Crippen molar-refractivity contribution in [3.05, 3.63) is 53.0 Å². The lowest BCUT2D eigenvalue weighted by molar-refractivity contribution is 0.0951. The molecule has 6 nitrogen and oxygen atoms in total. The summed E-state index contributed by atoms with van der Waals surface area (Å²) in [6.45, 7) is 4.29. The van der Waals surface area contributed by atoms with Crippen LogP contribution in [-0.4, -0.2) is 20.4 Å². The van der Waals surface area contributed by atoms with Gasteiger partial charge in [0, 0.05) is 24.8 Å². The van der Waals surface area contributed by atoms with Gasteiger partial charge >= 0.3 is 0 Å². The van der Waals surface area contributed by atoms with E-state index in [1.165, 1.54) is 0 Å². The third-order valence-corrected chi connectivity index (χ3v) is 3.99. The Morgan fingerprint density at radius 1 is 1.30 bits per heavy atom. The Labute approximate surface area is 134 Å². The number of nitrogens with one attached hydrogen (secondary N) is 1. The quantitative estimate of drug-likeness (QED) is 0.776. The van der Waals surface area contributed by atoms with Crippen molar-refractivity contribution in [3.8, 4) is 0 Å². The van der Waals surface area contributed by atoms with Gasteiger partial charge in [0.05, 0.1) is 17.4 Å². The molecule has 2 aromatic heterocycles. The van der Waals surface area contributed by atoms with Crippen LogP contribution in [-0.2, 0) is 13.6 Å². The lowest BCUT2D eigenvalue weighted by atomic mass is 10.1. The second-order valence-electron chi connectivity index (χ2n) is 5.67. The summed E-state index contributed by atoms with van der Waals surface area (Å²) in [6.07, 6.45) is 1.74. The maximum absolute atomic E-state index is 12.4. The molecule has 0 aliphatic heterocycles. The zero-order valence-corrected chi connectivity index (χ0v) is 13.4. The molecule has 0 aliphatic carbocycles. The summed E-state index contributed by atoms with van der Waals surface area (Å²) >= 11 is 0. The predicted octanol–water partition coefficient (Wildman–Crippen LogP) is 2.10. The molecular formula is C17H19N5O. The highest BCUT2D eigenvalue weighted by Gasteiger charge is 2.11. The van der Waals surface area contributed by atoms with Crippen molar-refractivity contribution in [2.75, 3.05) is 5.73 Å². The molecule has 1 amide bonds. The van der Waals surface area contributed by atoms with E-state index >= 15 is 0 Å². The van der Waals surface area contributed by atoms with Crippen LogP contribution in [0.1, 0.15) is 27.2 Å². The van der Waals surface area contributed by atoms with E-state index in [1.54, 1.807) is 12.4 Å². The van der Waals surface area contributed by atoms with E-state index < -0.39 is 0 Å². The summed E-state index contributed by atoms with van der Waals surface area (Å²) in [5.74, 6) is 0.375. The first kappa shape index (κ1) is 15.0. The van der Waals surface area contributed by atoms with Crippen LogP contribution in [0.5, 0.6) is 0 Å². The van der Waals surface area contributed by atoms with Gasteiger partial charge in [0.15, 0.2) is 0 Å². The molecule has 0 radical (unpaired) electrons.